The van der Waals surface area contributed by atoms with Crippen LogP contribution in [0, 0.1) is 0 Å². The second kappa shape index (κ2) is 15.8. The van der Waals surface area contributed by atoms with Crippen LogP contribution in [0.3, 0.4) is 0 Å². The number of nitrogens with one attached hydrogen (secondary N) is 4. The third kappa shape index (κ3) is 9.94. The van der Waals surface area contributed by atoms with Crippen molar-refractivity contribution in [3.05, 3.63) is 71.9 Å². The third-order valence-corrected chi connectivity index (χ3v) is 6.97. The number of aliphatic carboxylic acids is 1. The molecular formula is C30H37N7O7. The van der Waals surface area contributed by atoms with Crippen LogP contribution in [0.2, 0.25) is 0 Å². The topological polar surface area (TPSA) is 253 Å². The summed E-state index contributed by atoms with van der Waals surface area (Å²) in [6.45, 7) is 0. The minimum Gasteiger partial charge on any atom is -0.480 e. The maximum absolute atomic E-state index is 13.3. The lowest BCUT2D eigenvalue weighted by Gasteiger charge is -2.25. The van der Waals surface area contributed by atoms with Gasteiger partial charge in [0, 0.05) is 36.4 Å². The molecule has 0 radical (unpaired) electrons. The van der Waals surface area contributed by atoms with Gasteiger partial charge < -0.3 is 43.2 Å². The Bertz CT molecular complexity index is 1490. The zero-order valence-electron chi connectivity index (χ0n) is 24.0. The van der Waals surface area contributed by atoms with E-state index in [1.54, 1.807) is 36.5 Å². The van der Waals surface area contributed by atoms with Gasteiger partial charge in [-0.2, -0.15) is 0 Å². The second-order valence-corrected chi connectivity index (χ2v) is 10.4. The maximum atomic E-state index is 13.3. The number of para-hydroxylation sites is 1. The highest BCUT2D eigenvalue weighted by atomic mass is 16.4. The van der Waals surface area contributed by atoms with Crippen LogP contribution in [0.4, 0.5) is 0 Å². The van der Waals surface area contributed by atoms with Crippen LogP contribution in [0.1, 0.15) is 36.8 Å². The van der Waals surface area contributed by atoms with E-state index in [2.05, 4.69) is 20.9 Å². The first-order valence-electron chi connectivity index (χ1n) is 14.0. The number of hydrogen-bond acceptors (Lipinski definition) is 7. The summed E-state index contributed by atoms with van der Waals surface area (Å²) < 4.78 is 0. The fraction of sp³-hybridized carbons (Fsp3) is 0.333. The summed E-state index contributed by atoms with van der Waals surface area (Å²) in [5.74, 6) is -5.22. The molecule has 0 saturated heterocycles. The van der Waals surface area contributed by atoms with Gasteiger partial charge in [-0.25, -0.2) is 4.79 Å². The van der Waals surface area contributed by atoms with Gasteiger partial charge in [-0.3, -0.25) is 24.0 Å². The van der Waals surface area contributed by atoms with Crippen molar-refractivity contribution in [1.29, 1.82) is 0 Å². The number of H-pyrrole nitrogens is 1. The lowest BCUT2D eigenvalue weighted by molar-refractivity contribution is -0.142. The molecule has 0 saturated carbocycles. The summed E-state index contributed by atoms with van der Waals surface area (Å²) in [6, 6.07) is 11.1. The van der Waals surface area contributed by atoms with E-state index in [1.807, 2.05) is 24.3 Å². The predicted molar refractivity (Wildman–Crippen MR) is 160 cm³/mol. The highest BCUT2D eigenvalue weighted by Crippen LogP contribution is 2.19. The molecule has 1 heterocycles. The summed E-state index contributed by atoms with van der Waals surface area (Å²) in [6.07, 6.45) is 0.720. The Morgan fingerprint density at radius 3 is 1.80 bits per heavy atom. The second-order valence-electron chi connectivity index (χ2n) is 10.4. The Labute approximate surface area is 253 Å². The van der Waals surface area contributed by atoms with Gasteiger partial charge in [0.25, 0.3) is 0 Å². The molecule has 234 valence electrons. The quantitative estimate of drug-likeness (QED) is 0.0976. The van der Waals surface area contributed by atoms with Crippen molar-refractivity contribution in [2.24, 2.45) is 17.2 Å². The zero-order valence-corrected chi connectivity index (χ0v) is 24.0. The average Bonchev–Trinajstić information content (AvgIpc) is 3.39. The number of fused-ring (bicyclic) bond motifs is 1. The Balaban J connectivity index is 1.74. The minimum atomic E-state index is -1.40. The monoisotopic (exact) mass is 607 g/mol. The normalized spacial score (nSPS) is 13.7. The molecule has 0 aliphatic carbocycles. The zero-order chi connectivity index (χ0) is 32.2. The number of benzene rings is 2. The van der Waals surface area contributed by atoms with E-state index in [1.165, 1.54) is 0 Å². The number of aromatic nitrogens is 1. The smallest absolute Gasteiger partial charge is 0.326 e. The molecule has 14 nitrogen and oxygen atoms in total. The number of carboxylic acid groups (broad SMARTS) is 1. The Hall–Kier alpha value is -5.24. The van der Waals surface area contributed by atoms with Gasteiger partial charge in [0.05, 0.1) is 6.04 Å². The molecule has 44 heavy (non-hydrogen) atoms. The average molecular weight is 608 g/mol. The Morgan fingerprint density at radius 2 is 1.23 bits per heavy atom. The minimum absolute atomic E-state index is 0.0713. The van der Waals surface area contributed by atoms with Gasteiger partial charge in [-0.05, 0) is 36.5 Å². The molecule has 3 aromatic rings. The molecule has 3 rings (SSSR count). The number of amides is 5. The SMILES string of the molecule is NC(=O)CCC(NC(=O)C(N)Cc1ccccc1)C(=O)NC(CCC(N)=O)C(=O)NC(Cc1c[nH]c2ccccc12)C(=O)O. The van der Waals surface area contributed by atoms with Crippen LogP contribution < -0.4 is 33.2 Å². The lowest BCUT2D eigenvalue weighted by atomic mass is 10.0. The van der Waals surface area contributed by atoms with Crippen molar-refractivity contribution < 1.29 is 33.9 Å². The summed E-state index contributed by atoms with van der Waals surface area (Å²) in [5.41, 5.74) is 18.8. The van der Waals surface area contributed by atoms with E-state index in [0.717, 1.165) is 16.5 Å². The van der Waals surface area contributed by atoms with Gasteiger partial charge in [0.2, 0.25) is 29.5 Å². The highest BCUT2D eigenvalue weighted by molar-refractivity contribution is 5.95. The number of primary amides is 2. The summed E-state index contributed by atoms with van der Waals surface area (Å²) in [5, 5.41) is 18.0. The van der Waals surface area contributed by atoms with Crippen LogP contribution in [-0.4, -0.2) is 69.8 Å². The first kappa shape index (κ1) is 33.3. The van der Waals surface area contributed by atoms with E-state index in [4.69, 9.17) is 17.2 Å². The van der Waals surface area contributed by atoms with Crippen LogP contribution >= 0.6 is 0 Å². The Kier molecular flexibility index (Phi) is 12.0. The van der Waals surface area contributed by atoms with E-state index in [-0.39, 0.29) is 38.5 Å². The first-order valence-corrected chi connectivity index (χ1v) is 14.0. The number of aromatic amines is 1. The molecule has 0 bridgehead atoms. The molecule has 14 heteroatoms. The van der Waals surface area contributed by atoms with Gasteiger partial charge in [-0.1, -0.05) is 48.5 Å². The number of rotatable bonds is 17. The molecule has 11 N–H and O–H groups in total. The molecule has 2 aromatic carbocycles. The highest BCUT2D eigenvalue weighted by Gasteiger charge is 2.31. The maximum Gasteiger partial charge on any atom is 0.326 e. The number of carbonyl (C=O) groups is 6. The van der Waals surface area contributed by atoms with Crippen LogP contribution in [0.25, 0.3) is 10.9 Å². The molecule has 0 aliphatic rings. The molecule has 4 unspecified atom stereocenters. The van der Waals surface area contributed by atoms with E-state index in [9.17, 15) is 33.9 Å². The summed E-state index contributed by atoms with van der Waals surface area (Å²) >= 11 is 0. The molecule has 4 atom stereocenters. The summed E-state index contributed by atoms with van der Waals surface area (Å²) in [4.78, 5) is 77.6. The Morgan fingerprint density at radius 1 is 0.705 bits per heavy atom. The van der Waals surface area contributed by atoms with Crippen molar-refractivity contribution in [1.82, 2.24) is 20.9 Å². The van der Waals surface area contributed by atoms with E-state index in [0.29, 0.717) is 5.56 Å². The number of carboxylic acids is 1. The van der Waals surface area contributed by atoms with E-state index < -0.39 is 59.7 Å². The van der Waals surface area contributed by atoms with Crippen LogP contribution in [0.15, 0.2) is 60.8 Å². The number of hydrogen-bond donors (Lipinski definition) is 8. The summed E-state index contributed by atoms with van der Waals surface area (Å²) in [7, 11) is 0. The standard InChI is InChI=1S/C30H37N7O7/c31-20(14-17-6-2-1-3-7-17)27(40)35-22(10-12-25(32)38)28(41)36-23(11-13-26(33)39)29(42)37-24(30(43)44)15-18-16-34-21-9-5-4-8-19(18)21/h1-9,16,20,22-24,34H,10-15,31H2,(H2,32,38)(H2,33,39)(H,35,40)(H,36,41)(H,37,42)(H,43,44). The van der Waals surface area contributed by atoms with Gasteiger partial charge in [-0.15, -0.1) is 0 Å². The van der Waals surface area contributed by atoms with Crippen molar-refractivity contribution in [3.63, 3.8) is 0 Å². The predicted octanol–water partition coefficient (Wildman–Crippen LogP) is -0.650. The third-order valence-electron chi connectivity index (χ3n) is 6.97. The van der Waals surface area contributed by atoms with E-state index >= 15 is 0 Å². The van der Waals surface area contributed by atoms with Crippen molar-refractivity contribution in [3.8, 4) is 0 Å². The van der Waals surface area contributed by atoms with Crippen molar-refractivity contribution in [2.45, 2.75) is 62.7 Å². The molecule has 0 fully saturated rings. The molecular weight excluding hydrogens is 570 g/mol. The molecule has 1 aromatic heterocycles. The fourth-order valence-electron chi connectivity index (χ4n) is 4.62. The van der Waals surface area contributed by atoms with Gasteiger partial charge in [0.15, 0.2) is 0 Å². The van der Waals surface area contributed by atoms with Crippen molar-refractivity contribution >= 4 is 46.4 Å². The fourth-order valence-corrected chi connectivity index (χ4v) is 4.62. The molecule has 0 spiro atoms. The first-order chi connectivity index (χ1) is 20.9. The van der Waals surface area contributed by atoms with Crippen molar-refractivity contribution in [2.75, 3.05) is 0 Å². The number of nitrogens with two attached hydrogens (primary N) is 3. The van der Waals surface area contributed by atoms with Crippen LogP contribution in [0.5, 0.6) is 0 Å². The van der Waals surface area contributed by atoms with Crippen LogP contribution in [-0.2, 0) is 41.6 Å². The number of carbonyl (C=O) groups excluding carboxylic acids is 5. The largest absolute Gasteiger partial charge is 0.480 e. The van der Waals surface area contributed by atoms with Gasteiger partial charge >= 0.3 is 5.97 Å². The molecule has 0 aliphatic heterocycles. The molecule has 5 amide bonds. The van der Waals surface area contributed by atoms with Gasteiger partial charge in [0.1, 0.15) is 18.1 Å². The lowest BCUT2D eigenvalue weighted by Crippen LogP contribution is -2.57.